The van der Waals surface area contributed by atoms with Gasteiger partial charge in [-0.15, -0.1) is 0 Å². The van der Waals surface area contributed by atoms with Crippen molar-refractivity contribution in [1.82, 2.24) is 5.32 Å². The lowest BCUT2D eigenvalue weighted by atomic mass is 10.2. The molecule has 0 bridgehead atoms. The number of nitrogens with zero attached hydrogens (tertiary/aromatic N) is 1. The molecular weight excluding hydrogens is 232 g/mol. The first-order chi connectivity index (χ1) is 8.72. The number of hydrogen-bond acceptors (Lipinski definition) is 3. The Labute approximate surface area is 106 Å². The van der Waals surface area contributed by atoms with E-state index < -0.39 is 6.09 Å². The van der Waals surface area contributed by atoms with Gasteiger partial charge >= 0.3 is 6.09 Å². The van der Waals surface area contributed by atoms with Crippen LogP contribution in [0.25, 0.3) is 0 Å². The third-order valence-corrected chi connectivity index (χ3v) is 2.81. The zero-order valence-electron chi connectivity index (χ0n) is 10.3. The summed E-state index contributed by atoms with van der Waals surface area (Å²) in [4.78, 5) is 24.6. The zero-order valence-corrected chi connectivity index (χ0v) is 10.3. The largest absolute Gasteiger partial charge is 0.450 e. The fraction of sp³-hybridized carbons (Fsp3) is 0.385. The van der Waals surface area contributed by atoms with E-state index in [1.54, 1.807) is 11.8 Å². The molecule has 2 rings (SSSR count). The third kappa shape index (κ3) is 2.61. The van der Waals surface area contributed by atoms with E-state index in [0.717, 1.165) is 11.3 Å². The van der Waals surface area contributed by atoms with Crippen LogP contribution < -0.4 is 10.2 Å². The average Bonchev–Trinajstić information content (AvgIpc) is 2.66. The molecule has 0 saturated carbocycles. The smallest absolute Gasteiger partial charge is 0.407 e. The Hall–Kier alpha value is -2.04. The van der Waals surface area contributed by atoms with E-state index in [1.807, 2.05) is 24.3 Å². The van der Waals surface area contributed by atoms with E-state index in [9.17, 15) is 9.59 Å². The lowest BCUT2D eigenvalue weighted by molar-refractivity contribution is -0.117. The molecular formula is C13H16N2O3. The summed E-state index contributed by atoms with van der Waals surface area (Å²) in [7, 11) is 0. The van der Waals surface area contributed by atoms with Crippen molar-refractivity contribution in [3.63, 3.8) is 0 Å². The molecule has 0 fully saturated rings. The van der Waals surface area contributed by atoms with Crippen molar-refractivity contribution in [3.8, 4) is 0 Å². The van der Waals surface area contributed by atoms with Crippen LogP contribution in [0.5, 0.6) is 0 Å². The monoisotopic (exact) mass is 248 g/mol. The topological polar surface area (TPSA) is 58.6 Å². The van der Waals surface area contributed by atoms with Gasteiger partial charge in [0.1, 0.15) is 0 Å². The van der Waals surface area contributed by atoms with Crippen LogP contribution in [0.4, 0.5) is 10.5 Å². The van der Waals surface area contributed by atoms with Crippen molar-refractivity contribution in [2.24, 2.45) is 0 Å². The Kier molecular flexibility index (Phi) is 3.82. The van der Waals surface area contributed by atoms with Crippen LogP contribution in [0.3, 0.4) is 0 Å². The minimum absolute atomic E-state index is 0.0712. The molecule has 0 saturated heterocycles. The predicted octanol–water partition coefficient (Wildman–Crippen LogP) is 1.32. The average molecular weight is 248 g/mol. The molecule has 1 aliphatic heterocycles. The summed E-state index contributed by atoms with van der Waals surface area (Å²) < 4.78 is 4.75. The second kappa shape index (κ2) is 5.53. The highest BCUT2D eigenvalue weighted by atomic mass is 16.5. The molecule has 1 heterocycles. The normalized spacial score (nSPS) is 13.4. The maximum atomic E-state index is 11.8. The van der Waals surface area contributed by atoms with Gasteiger partial charge in [-0.05, 0) is 18.6 Å². The van der Waals surface area contributed by atoms with Gasteiger partial charge in [-0.1, -0.05) is 18.2 Å². The molecule has 0 aromatic heterocycles. The van der Waals surface area contributed by atoms with Crippen LogP contribution in [0.2, 0.25) is 0 Å². The van der Waals surface area contributed by atoms with E-state index in [1.165, 1.54) is 0 Å². The Morgan fingerprint density at radius 1 is 1.44 bits per heavy atom. The van der Waals surface area contributed by atoms with Crippen molar-refractivity contribution < 1.29 is 14.3 Å². The Morgan fingerprint density at radius 3 is 3.00 bits per heavy atom. The summed E-state index contributed by atoms with van der Waals surface area (Å²) in [5.41, 5.74) is 1.98. The molecule has 2 amide bonds. The molecule has 5 nitrogen and oxygen atoms in total. The summed E-state index contributed by atoms with van der Waals surface area (Å²) in [5.74, 6) is 0.0712. The number of alkyl carbamates (subject to hydrolysis) is 1. The molecule has 1 aromatic rings. The molecule has 1 N–H and O–H groups in total. The van der Waals surface area contributed by atoms with Gasteiger partial charge in [0.25, 0.3) is 0 Å². The molecule has 0 unspecified atom stereocenters. The predicted molar refractivity (Wildman–Crippen MR) is 67.5 cm³/mol. The van der Waals surface area contributed by atoms with E-state index in [4.69, 9.17) is 4.74 Å². The van der Waals surface area contributed by atoms with Gasteiger partial charge < -0.3 is 15.0 Å². The molecule has 18 heavy (non-hydrogen) atoms. The van der Waals surface area contributed by atoms with Crippen LogP contribution in [0, 0.1) is 0 Å². The van der Waals surface area contributed by atoms with Crippen LogP contribution in [-0.2, 0) is 16.0 Å². The number of carbonyl (C=O) groups excluding carboxylic acids is 2. The number of benzene rings is 1. The van der Waals surface area contributed by atoms with Crippen molar-refractivity contribution in [1.29, 1.82) is 0 Å². The molecule has 0 atom stereocenters. The van der Waals surface area contributed by atoms with Crippen molar-refractivity contribution in [2.75, 3.05) is 24.6 Å². The fourth-order valence-electron chi connectivity index (χ4n) is 2.01. The number of amides is 2. The van der Waals surface area contributed by atoms with Gasteiger partial charge in [0.15, 0.2) is 0 Å². The Morgan fingerprint density at radius 2 is 2.22 bits per heavy atom. The number of carbonyl (C=O) groups is 2. The highest BCUT2D eigenvalue weighted by molar-refractivity contribution is 6.01. The van der Waals surface area contributed by atoms with Gasteiger partial charge in [0, 0.05) is 18.8 Å². The van der Waals surface area contributed by atoms with E-state index >= 15 is 0 Å². The lowest BCUT2D eigenvalue weighted by Gasteiger charge is -2.17. The fourth-order valence-corrected chi connectivity index (χ4v) is 2.01. The molecule has 96 valence electrons. The SMILES string of the molecule is CCOC(=O)NCCN1C(=O)Cc2ccccc21. The molecule has 0 spiro atoms. The number of ether oxygens (including phenoxy) is 1. The summed E-state index contributed by atoms with van der Waals surface area (Å²) in [6.45, 7) is 2.95. The first-order valence-electron chi connectivity index (χ1n) is 6.01. The highest BCUT2D eigenvalue weighted by Crippen LogP contribution is 2.27. The maximum absolute atomic E-state index is 11.8. The van der Waals surface area contributed by atoms with Gasteiger partial charge in [-0.3, -0.25) is 4.79 Å². The second-order valence-electron chi connectivity index (χ2n) is 4.00. The number of anilines is 1. The third-order valence-electron chi connectivity index (χ3n) is 2.81. The van der Waals surface area contributed by atoms with Crippen LogP contribution in [-0.4, -0.2) is 31.7 Å². The number of fused-ring (bicyclic) bond motifs is 1. The van der Waals surface area contributed by atoms with Gasteiger partial charge in [-0.25, -0.2) is 4.79 Å². The number of rotatable bonds is 4. The van der Waals surface area contributed by atoms with E-state index in [0.29, 0.717) is 26.1 Å². The van der Waals surface area contributed by atoms with Crippen LogP contribution >= 0.6 is 0 Å². The van der Waals surface area contributed by atoms with Crippen LogP contribution in [0.1, 0.15) is 12.5 Å². The first-order valence-corrected chi connectivity index (χ1v) is 6.01. The van der Waals surface area contributed by atoms with E-state index in [-0.39, 0.29) is 5.91 Å². The molecule has 5 heteroatoms. The minimum atomic E-state index is -0.447. The lowest BCUT2D eigenvalue weighted by Crippen LogP contribution is -2.36. The van der Waals surface area contributed by atoms with Crippen molar-refractivity contribution in [2.45, 2.75) is 13.3 Å². The van der Waals surface area contributed by atoms with Crippen LogP contribution in [0.15, 0.2) is 24.3 Å². The summed E-state index contributed by atoms with van der Waals surface area (Å²) in [6, 6.07) is 7.70. The summed E-state index contributed by atoms with van der Waals surface area (Å²) in [6.07, 6.45) is -0.00676. The minimum Gasteiger partial charge on any atom is -0.450 e. The molecule has 1 aliphatic rings. The second-order valence-corrected chi connectivity index (χ2v) is 4.00. The highest BCUT2D eigenvalue weighted by Gasteiger charge is 2.26. The standard InChI is InChI=1S/C13H16N2O3/c1-2-18-13(17)14-7-8-15-11-6-4-3-5-10(11)9-12(15)16/h3-6H,2,7-9H2,1H3,(H,14,17). The van der Waals surface area contributed by atoms with Crippen molar-refractivity contribution >= 4 is 17.7 Å². The Bertz CT molecular complexity index is 459. The van der Waals surface area contributed by atoms with Gasteiger partial charge in [0.05, 0.1) is 13.0 Å². The Balaban J connectivity index is 1.90. The van der Waals surface area contributed by atoms with E-state index in [2.05, 4.69) is 5.32 Å². The molecule has 0 radical (unpaired) electrons. The number of nitrogens with one attached hydrogen (secondary N) is 1. The molecule has 1 aromatic carbocycles. The zero-order chi connectivity index (χ0) is 13.0. The van der Waals surface area contributed by atoms with Gasteiger partial charge in [-0.2, -0.15) is 0 Å². The van der Waals surface area contributed by atoms with Crippen molar-refractivity contribution in [3.05, 3.63) is 29.8 Å². The summed E-state index contributed by atoms with van der Waals surface area (Å²) in [5, 5.41) is 2.61. The number of hydrogen-bond donors (Lipinski definition) is 1. The summed E-state index contributed by atoms with van der Waals surface area (Å²) >= 11 is 0. The first kappa shape index (κ1) is 12.4. The maximum Gasteiger partial charge on any atom is 0.407 e. The quantitative estimate of drug-likeness (QED) is 0.874. The molecule has 0 aliphatic carbocycles. The number of para-hydroxylation sites is 1. The van der Waals surface area contributed by atoms with Gasteiger partial charge in [0.2, 0.25) is 5.91 Å².